The Balaban J connectivity index is 2.12. The van der Waals surface area contributed by atoms with Crippen LogP contribution in [0.1, 0.15) is 59.3 Å². The number of carbonyl (C=O) groups is 1. The van der Waals surface area contributed by atoms with Gasteiger partial charge in [-0.2, -0.15) is 0 Å². The SMILES string of the molecule is CC(C)(C)OC(=O)N1CCNCC12CCCCCC2. The van der Waals surface area contributed by atoms with Crippen LogP contribution in [0.2, 0.25) is 0 Å². The molecule has 4 heteroatoms. The number of carbonyl (C=O) groups excluding carboxylic acids is 1. The highest BCUT2D eigenvalue weighted by atomic mass is 16.6. The smallest absolute Gasteiger partial charge is 0.410 e. The molecule has 1 aliphatic heterocycles. The lowest BCUT2D eigenvalue weighted by Crippen LogP contribution is -2.63. The van der Waals surface area contributed by atoms with Gasteiger partial charge in [-0.1, -0.05) is 25.7 Å². The molecule has 1 aliphatic carbocycles. The summed E-state index contributed by atoms with van der Waals surface area (Å²) in [5.74, 6) is 0. The third-order valence-electron chi connectivity index (χ3n) is 4.19. The minimum atomic E-state index is -0.409. The first-order chi connectivity index (χ1) is 8.93. The van der Waals surface area contributed by atoms with Crippen LogP contribution in [0.15, 0.2) is 0 Å². The van der Waals surface area contributed by atoms with Crippen LogP contribution in [0, 0.1) is 0 Å². The van der Waals surface area contributed by atoms with Crippen molar-refractivity contribution >= 4 is 6.09 Å². The van der Waals surface area contributed by atoms with Crippen molar-refractivity contribution < 1.29 is 9.53 Å². The first-order valence-corrected chi connectivity index (χ1v) is 7.64. The van der Waals surface area contributed by atoms with Crippen molar-refractivity contribution in [1.82, 2.24) is 10.2 Å². The summed E-state index contributed by atoms with van der Waals surface area (Å²) in [6.45, 7) is 8.38. The third kappa shape index (κ3) is 3.62. The van der Waals surface area contributed by atoms with Crippen molar-refractivity contribution in [1.29, 1.82) is 0 Å². The van der Waals surface area contributed by atoms with Gasteiger partial charge in [-0.15, -0.1) is 0 Å². The van der Waals surface area contributed by atoms with E-state index in [4.69, 9.17) is 4.74 Å². The molecule has 0 radical (unpaired) electrons. The van der Waals surface area contributed by atoms with Crippen molar-refractivity contribution in [3.05, 3.63) is 0 Å². The number of piperazine rings is 1. The van der Waals surface area contributed by atoms with E-state index in [0.29, 0.717) is 0 Å². The van der Waals surface area contributed by atoms with Crippen molar-refractivity contribution in [3.8, 4) is 0 Å². The summed E-state index contributed by atoms with van der Waals surface area (Å²) < 4.78 is 5.60. The Morgan fingerprint density at radius 1 is 1.16 bits per heavy atom. The van der Waals surface area contributed by atoms with Gasteiger partial charge in [-0.05, 0) is 33.6 Å². The fourth-order valence-electron chi connectivity index (χ4n) is 3.28. The van der Waals surface area contributed by atoms with Crippen molar-refractivity contribution in [3.63, 3.8) is 0 Å². The molecule has 2 rings (SSSR count). The number of hydrogen-bond donors (Lipinski definition) is 1. The summed E-state index contributed by atoms with van der Waals surface area (Å²) in [6, 6.07) is 0. The summed E-state index contributed by atoms with van der Waals surface area (Å²) in [6.07, 6.45) is 7.13. The molecule has 1 saturated carbocycles. The fourth-order valence-corrected chi connectivity index (χ4v) is 3.28. The van der Waals surface area contributed by atoms with E-state index in [-0.39, 0.29) is 11.6 Å². The Labute approximate surface area is 116 Å². The Morgan fingerprint density at radius 2 is 1.79 bits per heavy atom. The maximum absolute atomic E-state index is 12.5. The standard InChI is InChI=1S/C15H28N2O2/c1-14(2,3)19-13(18)17-11-10-16-12-15(17)8-6-4-5-7-9-15/h16H,4-12H2,1-3H3. The van der Waals surface area contributed by atoms with Gasteiger partial charge in [0, 0.05) is 19.6 Å². The molecule has 0 atom stereocenters. The number of nitrogens with one attached hydrogen (secondary N) is 1. The molecule has 0 aromatic carbocycles. The molecule has 0 aromatic rings. The summed E-state index contributed by atoms with van der Waals surface area (Å²) in [5, 5.41) is 3.47. The molecule has 2 fully saturated rings. The van der Waals surface area contributed by atoms with E-state index < -0.39 is 5.60 Å². The van der Waals surface area contributed by atoms with E-state index in [1.165, 1.54) is 25.7 Å². The molecule has 1 saturated heterocycles. The van der Waals surface area contributed by atoms with E-state index in [2.05, 4.69) is 5.32 Å². The quantitative estimate of drug-likeness (QED) is 0.734. The van der Waals surface area contributed by atoms with Gasteiger partial charge >= 0.3 is 6.09 Å². The summed E-state index contributed by atoms with van der Waals surface area (Å²) in [4.78, 5) is 14.5. The van der Waals surface area contributed by atoms with Gasteiger partial charge in [0.2, 0.25) is 0 Å². The first-order valence-electron chi connectivity index (χ1n) is 7.64. The van der Waals surface area contributed by atoms with Gasteiger partial charge in [0.25, 0.3) is 0 Å². The lowest BCUT2D eigenvalue weighted by Gasteiger charge is -2.47. The van der Waals surface area contributed by atoms with Gasteiger partial charge in [0.05, 0.1) is 5.54 Å². The van der Waals surface area contributed by atoms with E-state index in [1.54, 1.807) is 0 Å². The van der Waals surface area contributed by atoms with Crippen LogP contribution in [-0.2, 0) is 4.74 Å². The molecular formula is C15H28N2O2. The summed E-state index contributed by atoms with van der Waals surface area (Å²) >= 11 is 0. The highest BCUT2D eigenvalue weighted by Crippen LogP contribution is 2.34. The Morgan fingerprint density at radius 3 is 2.37 bits per heavy atom. The number of rotatable bonds is 0. The minimum absolute atomic E-state index is 0.00289. The van der Waals surface area contributed by atoms with E-state index in [1.807, 2.05) is 25.7 Å². The van der Waals surface area contributed by atoms with Crippen LogP contribution >= 0.6 is 0 Å². The molecule has 1 N–H and O–H groups in total. The Hall–Kier alpha value is -0.770. The zero-order valence-corrected chi connectivity index (χ0v) is 12.6. The van der Waals surface area contributed by atoms with E-state index >= 15 is 0 Å². The molecular weight excluding hydrogens is 240 g/mol. The molecule has 0 bridgehead atoms. The van der Waals surface area contributed by atoms with Gasteiger partial charge in [0.15, 0.2) is 0 Å². The van der Waals surface area contributed by atoms with Crippen LogP contribution in [0.5, 0.6) is 0 Å². The second-order valence-corrected chi connectivity index (χ2v) is 6.95. The fraction of sp³-hybridized carbons (Fsp3) is 0.933. The van der Waals surface area contributed by atoms with Crippen LogP contribution in [-0.4, -0.2) is 41.8 Å². The normalized spacial score (nSPS) is 24.1. The van der Waals surface area contributed by atoms with Gasteiger partial charge in [-0.3, -0.25) is 4.90 Å². The van der Waals surface area contributed by atoms with E-state index in [9.17, 15) is 4.79 Å². The zero-order chi connectivity index (χ0) is 13.9. The lowest BCUT2D eigenvalue weighted by molar-refractivity contribution is -0.0156. The molecule has 0 aromatic heterocycles. The van der Waals surface area contributed by atoms with E-state index in [0.717, 1.165) is 32.5 Å². The lowest BCUT2D eigenvalue weighted by atomic mass is 9.86. The molecule has 4 nitrogen and oxygen atoms in total. The maximum Gasteiger partial charge on any atom is 0.410 e. The number of amides is 1. The second kappa shape index (κ2) is 5.70. The molecule has 2 aliphatic rings. The predicted octanol–water partition coefficient (Wildman–Crippen LogP) is 2.92. The van der Waals surface area contributed by atoms with Crippen LogP contribution in [0.4, 0.5) is 4.79 Å². The molecule has 1 spiro atoms. The van der Waals surface area contributed by atoms with Gasteiger partial charge in [-0.25, -0.2) is 4.79 Å². The first kappa shape index (κ1) is 14.6. The largest absolute Gasteiger partial charge is 0.444 e. The zero-order valence-electron chi connectivity index (χ0n) is 12.6. The summed E-state index contributed by atoms with van der Waals surface area (Å²) in [5.41, 5.74) is -0.412. The monoisotopic (exact) mass is 268 g/mol. The molecule has 110 valence electrons. The predicted molar refractivity (Wildman–Crippen MR) is 76.2 cm³/mol. The van der Waals surface area contributed by atoms with Crippen LogP contribution < -0.4 is 5.32 Å². The Kier molecular flexibility index (Phi) is 4.39. The Bertz CT molecular complexity index is 315. The van der Waals surface area contributed by atoms with Crippen molar-refractivity contribution in [2.75, 3.05) is 19.6 Å². The van der Waals surface area contributed by atoms with Gasteiger partial charge in [0.1, 0.15) is 5.60 Å². The average molecular weight is 268 g/mol. The van der Waals surface area contributed by atoms with Crippen molar-refractivity contribution in [2.24, 2.45) is 0 Å². The highest BCUT2D eigenvalue weighted by molar-refractivity contribution is 5.69. The van der Waals surface area contributed by atoms with Gasteiger partial charge < -0.3 is 10.1 Å². The molecule has 1 heterocycles. The topological polar surface area (TPSA) is 41.6 Å². The number of nitrogens with zero attached hydrogens (tertiary/aromatic N) is 1. The van der Waals surface area contributed by atoms with Crippen molar-refractivity contribution in [2.45, 2.75) is 70.4 Å². The molecule has 1 amide bonds. The number of hydrogen-bond acceptors (Lipinski definition) is 3. The second-order valence-electron chi connectivity index (χ2n) is 6.95. The van der Waals surface area contributed by atoms with Crippen LogP contribution in [0.3, 0.4) is 0 Å². The highest BCUT2D eigenvalue weighted by Gasteiger charge is 2.43. The third-order valence-corrected chi connectivity index (χ3v) is 4.19. The summed E-state index contributed by atoms with van der Waals surface area (Å²) in [7, 11) is 0. The number of ether oxygens (including phenoxy) is 1. The average Bonchev–Trinajstić information content (AvgIpc) is 2.54. The minimum Gasteiger partial charge on any atom is -0.444 e. The molecule has 19 heavy (non-hydrogen) atoms. The maximum atomic E-state index is 12.5. The molecule has 0 unspecified atom stereocenters. The van der Waals surface area contributed by atoms with Crippen LogP contribution in [0.25, 0.3) is 0 Å².